The minimum absolute atomic E-state index is 0.539. The van der Waals surface area contributed by atoms with Gasteiger partial charge in [-0.2, -0.15) is 0 Å². The third-order valence-corrected chi connectivity index (χ3v) is 4.79. The van der Waals surface area contributed by atoms with Crippen molar-refractivity contribution >= 4 is 0 Å². The molecule has 0 aromatic heterocycles. The number of fused-ring (bicyclic) bond motifs is 1. The maximum atomic E-state index is 3.78. The molecule has 0 saturated heterocycles. The van der Waals surface area contributed by atoms with Crippen LogP contribution >= 0.6 is 0 Å². The van der Waals surface area contributed by atoms with E-state index >= 15 is 0 Å². The van der Waals surface area contributed by atoms with Crippen molar-refractivity contribution in [3.63, 3.8) is 0 Å². The van der Waals surface area contributed by atoms with Crippen molar-refractivity contribution in [1.29, 1.82) is 0 Å². The van der Waals surface area contributed by atoms with Gasteiger partial charge in [-0.1, -0.05) is 32.0 Å². The van der Waals surface area contributed by atoms with Crippen molar-refractivity contribution in [3.05, 3.63) is 34.9 Å². The van der Waals surface area contributed by atoms with E-state index in [1.54, 1.807) is 5.56 Å². The minimum Gasteiger partial charge on any atom is -0.312 e. The average molecular weight is 258 g/mol. The maximum absolute atomic E-state index is 3.78. The molecule has 1 fully saturated rings. The molecule has 19 heavy (non-hydrogen) atoms. The van der Waals surface area contributed by atoms with Gasteiger partial charge in [0.05, 0.1) is 0 Å². The molecule has 1 aromatic rings. The summed E-state index contributed by atoms with van der Waals surface area (Å²) in [7, 11) is 0. The fourth-order valence-electron chi connectivity index (χ4n) is 3.64. The minimum atomic E-state index is 0.539. The second kappa shape index (κ2) is 5.26. The van der Waals surface area contributed by atoms with Gasteiger partial charge in [-0.15, -0.1) is 0 Å². The first-order chi connectivity index (χ1) is 9.14. The van der Waals surface area contributed by atoms with Gasteiger partial charge in [-0.3, -0.25) is 0 Å². The third-order valence-electron chi connectivity index (χ3n) is 4.79. The Hall–Kier alpha value is -0.860. The zero-order chi connectivity index (χ0) is 13.3. The van der Waals surface area contributed by atoms with E-state index in [2.05, 4.69) is 42.7 Å². The molecule has 1 heterocycles. The molecule has 2 aliphatic rings. The standard InChI is InChI=1S/C17H26N2/c1-17(2)8-6-15(10-17)19-12-14-5-3-4-13-11-18-9-7-16(13)14/h3-5,15,18-19H,6-12H2,1-2H3. The van der Waals surface area contributed by atoms with E-state index in [-0.39, 0.29) is 0 Å². The quantitative estimate of drug-likeness (QED) is 0.871. The van der Waals surface area contributed by atoms with Gasteiger partial charge in [0.1, 0.15) is 0 Å². The smallest absolute Gasteiger partial charge is 0.0210 e. The van der Waals surface area contributed by atoms with Gasteiger partial charge in [0.2, 0.25) is 0 Å². The van der Waals surface area contributed by atoms with Crippen molar-refractivity contribution in [1.82, 2.24) is 10.6 Å². The van der Waals surface area contributed by atoms with Crippen LogP contribution in [0.5, 0.6) is 0 Å². The normalized spacial score (nSPS) is 25.3. The Bertz CT molecular complexity index is 451. The molecule has 104 valence electrons. The highest BCUT2D eigenvalue weighted by Crippen LogP contribution is 2.37. The summed E-state index contributed by atoms with van der Waals surface area (Å²) in [6.07, 6.45) is 5.21. The summed E-state index contributed by atoms with van der Waals surface area (Å²) < 4.78 is 0. The van der Waals surface area contributed by atoms with Crippen LogP contribution in [0, 0.1) is 5.41 Å². The third kappa shape index (κ3) is 3.01. The number of hydrogen-bond acceptors (Lipinski definition) is 2. The Morgan fingerprint density at radius 1 is 1.37 bits per heavy atom. The van der Waals surface area contributed by atoms with Gasteiger partial charge < -0.3 is 10.6 Å². The summed E-state index contributed by atoms with van der Waals surface area (Å²) in [5, 5.41) is 7.24. The van der Waals surface area contributed by atoms with Crippen LogP contribution in [-0.4, -0.2) is 12.6 Å². The van der Waals surface area contributed by atoms with Gasteiger partial charge >= 0.3 is 0 Å². The van der Waals surface area contributed by atoms with Crippen LogP contribution in [0.25, 0.3) is 0 Å². The van der Waals surface area contributed by atoms with Gasteiger partial charge in [0, 0.05) is 19.1 Å². The number of nitrogens with one attached hydrogen (secondary N) is 2. The fraction of sp³-hybridized carbons (Fsp3) is 0.647. The van der Waals surface area contributed by atoms with Gasteiger partial charge in [0.25, 0.3) is 0 Å². The predicted octanol–water partition coefficient (Wildman–Crippen LogP) is 3.00. The van der Waals surface area contributed by atoms with E-state index in [1.165, 1.54) is 36.8 Å². The van der Waals surface area contributed by atoms with Gasteiger partial charge in [-0.05, 0) is 54.3 Å². The molecule has 0 amide bonds. The number of benzene rings is 1. The van der Waals surface area contributed by atoms with Crippen LogP contribution in [0.15, 0.2) is 18.2 Å². The molecule has 1 aromatic carbocycles. The van der Waals surface area contributed by atoms with Gasteiger partial charge in [0.15, 0.2) is 0 Å². The topological polar surface area (TPSA) is 24.1 Å². The summed E-state index contributed by atoms with van der Waals surface area (Å²) in [5.41, 5.74) is 5.14. The molecule has 1 atom stereocenters. The van der Waals surface area contributed by atoms with E-state index in [1.807, 2.05) is 0 Å². The molecule has 1 aliphatic heterocycles. The monoisotopic (exact) mass is 258 g/mol. The Kier molecular flexibility index (Phi) is 3.64. The molecule has 0 radical (unpaired) electrons. The van der Waals surface area contributed by atoms with E-state index in [4.69, 9.17) is 0 Å². The van der Waals surface area contributed by atoms with Crippen LogP contribution in [-0.2, 0) is 19.5 Å². The van der Waals surface area contributed by atoms with Crippen LogP contribution < -0.4 is 10.6 Å². The molecule has 2 N–H and O–H groups in total. The second-order valence-electron chi connectivity index (χ2n) is 6.97. The molecule has 0 bridgehead atoms. The summed E-state index contributed by atoms with van der Waals surface area (Å²) in [6, 6.07) is 7.50. The molecule has 3 rings (SSSR count). The van der Waals surface area contributed by atoms with E-state index < -0.39 is 0 Å². The molecule has 2 heteroatoms. The summed E-state index contributed by atoms with van der Waals surface area (Å²) in [6.45, 7) is 8.00. The van der Waals surface area contributed by atoms with Crippen LogP contribution in [0.2, 0.25) is 0 Å². The lowest BCUT2D eigenvalue weighted by Crippen LogP contribution is -2.29. The van der Waals surface area contributed by atoms with Crippen molar-refractivity contribution < 1.29 is 0 Å². The molecular weight excluding hydrogens is 232 g/mol. The highest BCUT2D eigenvalue weighted by molar-refractivity contribution is 5.37. The van der Waals surface area contributed by atoms with Crippen molar-refractivity contribution in [2.75, 3.05) is 6.54 Å². The first-order valence-electron chi connectivity index (χ1n) is 7.68. The highest BCUT2D eigenvalue weighted by Gasteiger charge is 2.30. The average Bonchev–Trinajstić information content (AvgIpc) is 2.76. The van der Waals surface area contributed by atoms with Crippen molar-refractivity contribution in [3.8, 4) is 0 Å². The number of hydrogen-bond donors (Lipinski definition) is 2. The lowest BCUT2D eigenvalue weighted by molar-refractivity contribution is 0.364. The fourth-order valence-corrected chi connectivity index (χ4v) is 3.64. The first-order valence-corrected chi connectivity index (χ1v) is 7.68. The van der Waals surface area contributed by atoms with Crippen LogP contribution in [0.3, 0.4) is 0 Å². The lowest BCUT2D eigenvalue weighted by atomic mass is 9.91. The Balaban J connectivity index is 1.64. The van der Waals surface area contributed by atoms with E-state index in [0.29, 0.717) is 11.5 Å². The maximum Gasteiger partial charge on any atom is 0.0210 e. The largest absolute Gasteiger partial charge is 0.312 e. The molecule has 2 nitrogen and oxygen atoms in total. The zero-order valence-corrected chi connectivity index (χ0v) is 12.3. The summed E-state index contributed by atoms with van der Waals surface area (Å²) >= 11 is 0. The molecule has 0 spiro atoms. The summed E-state index contributed by atoms with van der Waals surface area (Å²) in [5.74, 6) is 0. The van der Waals surface area contributed by atoms with Crippen LogP contribution in [0.1, 0.15) is 49.8 Å². The molecule has 1 aliphatic carbocycles. The second-order valence-corrected chi connectivity index (χ2v) is 6.97. The van der Waals surface area contributed by atoms with Crippen LogP contribution in [0.4, 0.5) is 0 Å². The van der Waals surface area contributed by atoms with Crippen molar-refractivity contribution in [2.24, 2.45) is 5.41 Å². The SMILES string of the molecule is CC1(C)CCC(NCc2cccc3c2CCNC3)C1. The Morgan fingerprint density at radius 3 is 3.05 bits per heavy atom. The number of rotatable bonds is 3. The molecular formula is C17H26N2. The lowest BCUT2D eigenvalue weighted by Gasteiger charge is -2.22. The Labute approximate surface area is 117 Å². The zero-order valence-electron chi connectivity index (χ0n) is 12.3. The van der Waals surface area contributed by atoms with Gasteiger partial charge in [-0.25, -0.2) is 0 Å². The predicted molar refractivity (Wildman–Crippen MR) is 80.1 cm³/mol. The van der Waals surface area contributed by atoms with E-state index in [9.17, 15) is 0 Å². The van der Waals surface area contributed by atoms with Crippen molar-refractivity contribution in [2.45, 2.75) is 58.7 Å². The molecule has 1 unspecified atom stereocenters. The first kappa shape index (κ1) is 13.1. The molecule has 1 saturated carbocycles. The summed E-state index contributed by atoms with van der Waals surface area (Å²) in [4.78, 5) is 0. The van der Waals surface area contributed by atoms with E-state index in [0.717, 1.165) is 19.6 Å². The Morgan fingerprint density at radius 2 is 2.26 bits per heavy atom. The highest BCUT2D eigenvalue weighted by atomic mass is 14.9.